The smallest absolute Gasteiger partial charge is 0.342 e. The van der Waals surface area contributed by atoms with Gasteiger partial charge in [-0.1, -0.05) is 0 Å². The highest BCUT2D eigenvalue weighted by Gasteiger charge is 2.21. The van der Waals surface area contributed by atoms with E-state index in [0.29, 0.717) is 5.92 Å². The summed E-state index contributed by atoms with van der Waals surface area (Å²) in [7, 11) is 0. The molecule has 7 nitrogen and oxygen atoms in total. The summed E-state index contributed by atoms with van der Waals surface area (Å²) >= 11 is 0. The van der Waals surface area contributed by atoms with Crippen molar-refractivity contribution < 1.29 is 4.74 Å². The molecule has 0 radical (unpaired) electrons. The minimum atomic E-state index is -0.598. The quantitative estimate of drug-likeness (QED) is 0.672. The fourth-order valence-corrected chi connectivity index (χ4v) is 1.99. The van der Waals surface area contributed by atoms with Crippen molar-refractivity contribution in [3.05, 3.63) is 20.8 Å². The highest BCUT2D eigenvalue weighted by atomic mass is 16.5. The topological polar surface area (TPSA) is 99.9 Å². The van der Waals surface area contributed by atoms with Crippen LogP contribution in [0.25, 0.3) is 0 Å². The molecule has 0 spiro atoms. The SMILES string of the molecule is CC(Nc1n[nH]c(=O)[nH]c1=O)C1CCOCC1. The van der Waals surface area contributed by atoms with Gasteiger partial charge in [-0.15, -0.1) is 5.10 Å². The molecule has 1 aliphatic heterocycles. The van der Waals surface area contributed by atoms with E-state index in [1.54, 1.807) is 0 Å². The normalized spacial score (nSPS) is 18.9. The van der Waals surface area contributed by atoms with Crippen LogP contribution in [0.4, 0.5) is 5.82 Å². The van der Waals surface area contributed by atoms with E-state index in [0.717, 1.165) is 26.1 Å². The summed E-state index contributed by atoms with van der Waals surface area (Å²) in [6, 6.07) is 0.124. The van der Waals surface area contributed by atoms with Gasteiger partial charge in [0.25, 0.3) is 5.56 Å². The Bertz CT molecular complexity index is 475. The molecule has 94 valence electrons. The number of rotatable bonds is 3. The Morgan fingerprint density at radius 2 is 2.12 bits per heavy atom. The van der Waals surface area contributed by atoms with Gasteiger partial charge in [-0.3, -0.25) is 9.78 Å². The average molecular weight is 240 g/mol. The van der Waals surface area contributed by atoms with Crippen molar-refractivity contribution in [1.82, 2.24) is 15.2 Å². The minimum Gasteiger partial charge on any atom is -0.381 e. The van der Waals surface area contributed by atoms with E-state index in [4.69, 9.17) is 4.74 Å². The standard InChI is InChI=1S/C10H16N4O3/c1-6(7-2-4-17-5-3-7)11-8-9(15)12-10(16)14-13-8/h6-7H,2-5H2,1H3,(H,11,13)(H2,12,14,15,16). The van der Waals surface area contributed by atoms with Crippen LogP contribution in [-0.2, 0) is 4.74 Å². The highest BCUT2D eigenvalue weighted by molar-refractivity contribution is 5.30. The van der Waals surface area contributed by atoms with Gasteiger partial charge < -0.3 is 10.1 Å². The highest BCUT2D eigenvalue weighted by Crippen LogP contribution is 2.19. The predicted molar refractivity (Wildman–Crippen MR) is 62.1 cm³/mol. The van der Waals surface area contributed by atoms with E-state index in [2.05, 4.69) is 20.5 Å². The third-order valence-electron chi connectivity index (χ3n) is 3.05. The largest absolute Gasteiger partial charge is 0.381 e. The summed E-state index contributed by atoms with van der Waals surface area (Å²) in [5.74, 6) is 0.612. The van der Waals surface area contributed by atoms with Gasteiger partial charge in [0.1, 0.15) is 0 Å². The molecule has 0 bridgehead atoms. The Balaban J connectivity index is 2.04. The number of hydrogen-bond donors (Lipinski definition) is 3. The van der Waals surface area contributed by atoms with Gasteiger partial charge in [-0.25, -0.2) is 9.89 Å². The zero-order valence-electron chi connectivity index (χ0n) is 9.66. The Hall–Kier alpha value is -1.63. The van der Waals surface area contributed by atoms with E-state index in [1.165, 1.54) is 0 Å². The second-order valence-corrected chi connectivity index (χ2v) is 4.24. The first-order chi connectivity index (χ1) is 8.16. The van der Waals surface area contributed by atoms with Gasteiger partial charge in [0.2, 0.25) is 5.82 Å². The van der Waals surface area contributed by atoms with Crippen molar-refractivity contribution in [2.75, 3.05) is 18.5 Å². The van der Waals surface area contributed by atoms with Crippen molar-refractivity contribution >= 4 is 5.82 Å². The zero-order valence-corrected chi connectivity index (χ0v) is 9.66. The Labute approximate surface area is 97.6 Å². The predicted octanol–water partition coefficient (Wildman–Crippen LogP) is -0.315. The second kappa shape index (κ2) is 5.13. The number of nitrogens with zero attached hydrogens (tertiary/aromatic N) is 1. The van der Waals surface area contributed by atoms with Crippen LogP contribution in [0.3, 0.4) is 0 Å². The molecule has 1 aromatic rings. The number of hydrogen-bond acceptors (Lipinski definition) is 5. The molecule has 1 fully saturated rings. The van der Waals surface area contributed by atoms with Gasteiger partial charge in [0, 0.05) is 19.3 Å². The lowest BCUT2D eigenvalue weighted by atomic mass is 9.93. The molecule has 1 aromatic heterocycles. The molecule has 0 aromatic carbocycles. The van der Waals surface area contributed by atoms with E-state index in [-0.39, 0.29) is 11.9 Å². The summed E-state index contributed by atoms with van der Waals surface area (Å²) in [6.45, 7) is 3.51. The number of aromatic nitrogens is 3. The molecule has 3 N–H and O–H groups in total. The molecule has 0 saturated carbocycles. The molecule has 0 amide bonds. The molecule has 7 heteroatoms. The van der Waals surface area contributed by atoms with Gasteiger partial charge >= 0.3 is 5.69 Å². The van der Waals surface area contributed by atoms with Crippen LogP contribution >= 0.6 is 0 Å². The number of anilines is 1. The summed E-state index contributed by atoms with van der Waals surface area (Å²) in [5, 5.41) is 8.92. The van der Waals surface area contributed by atoms with Crippen molar-refractivity contribution in [3.8, 4) is 0 Å². The average Bonchev–Trinajstić information content (AvgIpc) is 2.34. The lowest BCUT2D eigenvalue weighted by Crippen LogP contribution is -2.35. The maximum Gasteiger partial charge on any atom is 0.342 e. The summed E-state index contributed by atoms with van der Waals surface area (Å²) in [4.78, 5) is 24.4. The van der Waals surface area contributed by atoms with E-state index in [9.17, 15) is 9.59 Å². The number of nitrogens with one attached hydrogen (secondary N) is 3. The van der Waals surface area contributed by atoms with E-state index >= 15 is 0 Å². The van der Waals surface area contributed by atoms with Gasteiger partial charge in [0.05, 0.1) is 0 Å². The van der Waals surface area contributed by atoms with Crippen LogP contribution in [-0.4, -0.2) is 34.4 Å². The van der Waals surface area contributed by atoms with Gasteiger partial charge in [-0.05, 0) is 25.7 Å². The molecular weight excluding hydrogens is 224 g/mol. The maximum absolute atomic E-state index is 11.4. The van der Waals surface area contributed by atoms with Crippen LogP contribution in [0.2, 0.25) is 0 Å². The van der Waals surface area contributed by atoms with Crippen LogP contribution in [0.1, 0.15) is 19.8 Å². The van der Waals surface area contributed by atoms with E-state index < -0.39 is 11.2 Å². The maximum atomic E-state index is 11.4. The lowest BCUT2D eigenvalue weighted by Gasteiger charge is -2.28. The minimum absolute atomic E-state index is 0.124. The first-order valence-corrected chi connectivity index (χ1v) is 5.70. The van der Waals surface area contributed by atoms with Crippen LogP contribution in [0, 0.1) is 5.92 Å². The fraction of sp³-hybridized carbons (Fsp3) is 0.700. The molecule has 0 aliphatic carbocycles. The van der Waals surface area contributed by atoms with Crippen molar-refractivity contribution in [2.24, 2.45) is 5.92 Å². The molecular formula is C10H16N4O3. The summed E-state index contributed by atoms with van der Waals surface area (Å²) in [6.07, 6.45) is 1.94. The van der Waals surface area contributed by atoms with Gasteiger partial charge in [-0.2, -0.15) is 0 Å². The Morgan fingerprint density at radius 1 is 1.41 bits per heavy atom. The molecule has 2 heterocycles. The van der Waals surface area contributed by atoms with Crippen LogP contribution < -0.4 is 16.6 Å². The lowest BCUT2D eigenvalue weighted by molar-refractivity contribution is 0.0622. The first-order valence-electron chi connectivity index (χ1n) is 5.70. The monoisotopic (exact) mass is 240 g/mol. The molecule has 17 heavy (non-hydrogen) atoms. The van der Waals surface area contributed by atoms with Crippen molar-refractivity contribution in [1.29, 1.82) is 0 Å². The van der Waals surface area contributed by atoms with Crippen molar-refractivity contribution in [3.63, 3.8) is 0 Å². The molecule has 1 unspecified atom stereocenters. The molecule has 1 atom stereocenters. The molecule has 2 rings (SSSR count). The molecule has 1 aliphatic rings. The summed E-state index contributed by atoms with van der Waals surface area (Å²) < 4.78 is 5.28. The number of H-pyrrole nitrogens is 2. The Morgan fingerprint density at radius 3 is 2.76 bits per heavy atom. The van der Waals surface area contributed by atoms with E-state index in [1.807, 2.05) is 6.92 Å². The van der Waals surface area contributed by atoms with Gasteiger partial charge in [0.15, 0.2) is 0 Å². The molecule has 1 saturated heterocycles. The van der Waals surface area contributed by atoms with Crippen LogP contribution in [0.15, 0.2) is 9.59 Å². The fourth-order valence-electron chi connectivity index (χ4n) is 1.99. The number of aromatic amines is 2. The Kier molecular flexibility index (Phi) is 3.58. The third kappa shape index (κ3) is 2.94. The van der Waals surface area contributed by atoms with Crippen LogP contribution in [0.5, 0.6) is 0 Å². The number of ether oxygens (including phenoxy) is 1. The third-order valence-corrected chi connectivity index (χ3v) is 3.05. The zero-order chi connectivity index (χ0) is 12.3. The van der Waals surface area contributed by atoms with Crippen molar-refractivity contribution in [2.45, 2.75) is 25.8 Å². The summed E-state index contributed by atoms with van der Waals surface area (Å²) in [5.41, 5.74) is -1.09. The second-order valence-electron chi connectivity index (χ2n) is 4.24. The first kappa shape index (κ1) is 11.8.